The minimum atomic E-state index is -0.236. The van der Waals surface area contributed by atoms with Gasteiger partial charge in [-0.3, -0.25) is 14.8 Å². The van der Waals surface area contributed by atoms with Gasteiger partial charge in [-0.25, -0.2) is 0 Å². The third kappa shape index (κ3) is 3.51. The summed E-state index contributed by atoms with van der Waals surface area (Å²) in [4.78, 5) is 9.00. The number of benzene rings is 1. The van der Waals surface area contributed by atoms with E-state index in [0.29, 0.717) is 0 Å². The standard InChI is InChI=1S/C18H20N4/c19-14-18(17-8-4-5-9-20-17)22-12-10-21(11-13-22)15-16-6-2-1-3-7-16/h1-9,18H,10-13,15H2. The Morgan fingerprint density at radius 2 is 1.73 bits per heavy atom. The predicted octanol–water partition coefficient (Wildman–Crippen LogP) is 2.46. The average molecular weight is 292 g/mol. The molecule has 4 heteroatoms. The van der Waals surface area contributed by atoms with Gasteiger partial charge in [-0.05, 0) is 17.7 Å². The van der Waals surface area contributed by atoms with Gasteiger partial charge in [0.25, 0.3) is 0 Å². The lowest BCUT2D eigenvalue weighted by Crippen LogP contribution is -2.47. The fourth-order valence-corrected chi connectivity index (χ4v) is 2.89. The molecule has 112 valence electrons. The van der Waals surface area contributed by atoms with Crippen molar-refractivity contribution in [2.75, 3.05) is 26.2 Å². The molecule has 1 aromatic carbocycles. The molecule has 1 atom stereocenters. The highest BCUT2D eigenvalue weighted by atomic mass is 15.3. The summed E-state index contributed by atoms with van der Waals surface area (Å²) in [5, 5.41) is 9.49. The van der Waals surface area contributed by atoms with Gasteiger partial charge < -0.3 is 0 Å². The van der Waals surface area contributed by atoms with Gasteiger partial charge in [0.2, 0.25) is 0 Å². The Bertz CT molecular complexity index is 613. The van der Waals surface area contributed by atoms with E-state index in [-0.39, 0.29) is 6.04 Å². The number of aromatic nitrogens is 1. The van der Waals surface area contributed by atoms with Gasteiger partial charge in [0.05, 0.1) is 11.8 Å². The first-order chi connectivity index (χ1) is 10.9. The number of pyridine rings is 1. The van der Waals surface area contributed by atoms with E-state index in [0.717, 1.165) is 38.4 Å². The molecule has 1 fully saturated rings. The van der Waals surface area contributed by atoms with E-state index in [1.54, 1.807) is 6.20 Å². The molecule has 0 spiro atoms. The largest absolute Gasteiger partial charge is 0.297 e. The predicted molar refractivity (Wildman–Crippen MR) is 85.9 cm³/mol. The lowest BCUT2D eigenvalue weighted by molar-refractivity contribution is 0.108. The van der Waals surface area contributed by atoms with E-state index in [9.17, 15) is 5.26 Å². The Kier molecular flexibility index (Phi) is 4.79. The summed E-state index contributed by atoms with van der Waals surface area (Å²) in [6.07, 6.45) is 1.76. The van der Waals surface area contributed by atoms with Crippen LogP contribution in [0, 0.1) is 11.3 Å². The summed E-state index contributed by atoms with van der Waals surface area (Å²) in [5.74, 6) is 0. The van der Waals surface area contributed by atoms with Crippen LogP contribution < -0.4 is 0 Å². The minimum Gasteiger partial charge on any atom is -0.297 e. The lowest BCUT2D eigenvalue weighted by atomic mass is 10.1. The molecular formula is C18H20N4. The zero-order valence-electron chi connectivity index (χ0n) is 12.6. The molecule has 1 saturated heterocycles. The molecule has 0 radical (unpaired) electrons. The second-order valence-corrected chi connectivity index (χ2v) is 5.58. The fourth-order valence-electron chi connectivity index (χ4n) is 2.89. The highest BCUT2D eigenvalue weighted by Crippen LogP contribution is 2.20. The second kappa shape index (κ2) is 7.17. The van der Waals surface area contributed by atoms with Crippen molar-refractivity contribution in [3.8, 4) is 6.07 Å². The molecule has 2 heterocycles. The fraction of sp³-hybridized carbons (Fsp3) is 0.333. The second-order valence-electron chi connectivity index (χ2n) is 5.58. The van der Waals surface area contributed by atoms with Crippen LogP contribution in [0.5, 0.6) is 0 Å². The smallest absolute Gasteiger partial charge is 0.141 e. The van der Waals surface area contributed by atoms with Crippen LogP contribution in [-0.2, 0) is 6.54 Å². The van der Waals surface area contributed by atoms with Crippen molar-refractivity contribution in [1.82, 2.24) is 14.8 Å². The van der Waals surface area contributed by atoms with Crippen LogP contribution in [0.2, 0.25) is 0 Å². The number of hydrogen-bond acceptors (Lipinski definition) is 4. The van der Waals surface area contributed by atoms with Gasteiger partial charge in [0, 0.05) is 38.9 Å². The van der Waals surface area contributed by atoms with Crippen molar-refractivity contribution in [3.63, 3.8) is 0 Å². The molecule has 0 N–H and O–H groups in total. The normalized spacial score (nSPS) is 17.8. The van der Waals surface area contributed by atoms with Gasteiger partial charge in [0.1, 0.15) is 6.04 Å². The molecular weight excluding hydrogens is 272 g/mol. The molecule has 1 unspecified atom stereocenters. The van der Waals surface area contributed by atoms with Crippen molar-refractivity contribution in [2.45, 2.75) is 12.6 Å². The van der Waals surface area contributed by atoms with Gasteiger partial charge >= 0.3 is 0 Å². The number of nitriles is 1. The zero-order chi connectivity index (χ0) is 15.2. The quantitative estimate of drug-likeness (QED) is 0.868. The van der Waals surface area contributed by atoms with Gasteiger partial charge in [0.15, 0.2) is 0 Å². The van der Waals surface area contributed by atoms with Crippen LogP contribution in [0.4, 0.5) is 0 Å². The van der Waals surface area contributed by atoms with E-state index in [1.807, 2.05) is 24.3 Å². The Balaban J connectivity index is 1.58. The summed E-state index contributed by atoms with van der Waals surface area (Å²) < 4.78 is 0. The third-order valence-electron chi connectivity index (χ3n) is 4.11. The topological polar surface area (TPSA) is 43.2 Å². The van der Waals surface area contributed by atoms with Crippen molar-refractivity contribution >= 4 is 0 Å². The van der Waals surface area contributed by atoms with Crippen molar-refractivity contribution in [1.29, 1.82) is 5.26 Å². The van der Waals surface area contributed by atoms with Crippen LogP contribution in [0.25, 0.3) is 0 Å². The molecule has 0 amide bonds. The van der Waals surface area contributed by atoms with Crippen LogP contribution in [0.15, 0.2) is 54.7 Å². The molecule has 3 rings (SSSR count). The highest BCUT2D eigenvalue weighted by Gasteiger charge is 2.25. The molecule has 1 aliphatic rings. The average Bonchev–Trinajstić information content (AvgIpc) is 2.59. The molecule has 0 bridgehead atoms. The van der Waals surface area contributed by atoms with Crippen molar-refractivity contribution in [3.05, 3.63) is 66.0 Å². The molecule has 0 aliphatic carbocycles. The molecule has 0 saturated carbocycles. The SMILES string of the molecule is N#CC(c1ccccn1)N1CCN(Cc2ccccc2)CC1. The molecule has 1 aromatic heterocycles. The van der Waals surface area contributed by atoms with E-state index < -0.39 is 0 Å². The molecule has 22 heavy (non-hydrogen) atoms. The van der Waals surface area contributed by atoms with Crippen LogP contribution >= 0.6 is 0 Å². The monoisotopic (exact) mass is 292 g/mol. The summed E-state index contributed by atoms with van der Waals surface area (Å²) in [7, 11) is 0. The Labute approximate surface area is 131 Å². The maximum absolute atomic E-state index is 9.49. The van der Waals surface area contributed by atoms with Gasteiger partial charge in [-0.15, -0.1) is 0 Å². The highest BCUT2D eigenvalue weighted by molar-refractivity contribution is 5.17. The number of rotatable bonds is 4. The summed E-state index contributed by atoms with van der Waals surface area (Å²) >= 11 is 0. The first-order valence-electron chi connectivity index (χ1n) is 7.68. The lowest BCUT2D eigenvalue weighted by Gasteiger charge is -2.36. The zero-order valence-corrected chi connectivity index (χ0v) is 12.6. The minimum absolute atomic E-state index is 0.236. The van der Waals surface area contributed by atoms with Crippen molar-refractivity contribution < 1.29 is 0 Å². The molecule has 2 aromatic rings. The van der Waals surface area contributed by atoms with E-state index in [4.69, 9.17) is 0 Å². The Morgan fingerprint density at radius 1 is 1.00 bits per heavy atom. The molecule has 4 nitrogen and oxygen atoms in total. The maximum Gasteiger partial charge on any atom is 0.141 e. The van der Waals surface area contributed by atoms with Crippen LogP contribution in [-0.4, -0.2) is 41.0 Å². The van der Waals surface area contributed by atoms with E-state index >= 15 is 0 Å². The summed E-state index contributed by atoms with van der Waals surface area (Å²) in [6, 6.07) is 18.5. The van der Waals surface area contributed by atoms with E-state index in [2.05, 4.69) is 45.1 Å². The number of nitrogens with zero attached hydrogens (tertiary/aromatic N) is 4. The first-order valence-corrected chi connectivity index (χ1v) is 7.68. The van der Waals surface area contributed by atoms with Gasteiger partial charge in [-0.1, -0.05) is 36.4 Å². The maximum atomic E-state index is 9.49. The Morgan fingerprint density at radius 3 is 2.36 bits per heavy atom. The van der Waals surface area contributed by atoms with Gasteiger partial charge in [-0.2, -0.15) is 5.26 Å². The third-order valence-corrected chi connectivity index (χ3v) is 4.11. The number of hydrogen-bond donors (Lipinski definition) is 0. The van der Waals surface area contributed by atoms with E-state index in [1.165, 1.54) is 5.56 Å². The van der Waals surface area contributed by atoms with Crippen LogP contribution in [0.1, 0.15) is 17.3 Å². The van der Waals surface area contributed by atoms with Crippen molar-refractivity contribution in [2.24, 2.45) is 0 Å². The van der Waals surface area contributed by atoms with Crippen LogP contribution in [0.3, 0.4) is 0 Å². The summed E-state index contributed by atoms with van der Waals surface area (Å²) in [5.41, 5.74) is 2.19. The number of piperazine rings is 1. The molecule has 1 aliphatic heterocycles. The summed E-state index contributed by atoms with van der Waals surface area (Å²) in [6.45, 7) is 4.76. The Hall–Kier alpha value is -2.22. The first kappa shape index (κ1) is 14.7.